The van der Waals surface area contributed by atoms with Gasteiger partial charge in [0.1, 0.15) is 23.9 Å². The maximum Gasteiger partial charge on any atom is 0.245 e. The van der Waals surface area contributed by atoms with Crippen molar-refractivity contribution < 1.29 is 26.7 Å². The monoisotopic (exact) mass is 404 g/mol. The molecule has 0 aliphatic heterocycles. The average molecular weight is 405 g/mol. The summed E-state index contributed by atoms with van der Waals surface area (Å²) >= 11 is 5.91. The number of anilines is 2. The van der Waals surface area contributed by atoms with Crippen molar-refractivity contribution in [2.45, 2.75) is 0 Å². The Morgan fingerprint density at radius 3 is 2.50 bits per heavy atom. The molecule has 1 amide bonds. The fourth-order valence-electron chi connectivity index (χ4n) is 2.15. The Morgan fingerprint density at radius 2 is 1.92 bits per heavy atom. The Balaban J connectivity index is 2.32. The quantitative estimate of drug-likeness (QED) is 0.803. The smallest absolute Gasteiger partial charge is 0.245 e. The molecule has 0 aromatic heterocycles. The Morgan fingerprint density at radius 1 is 1.23 bits per heavy atom. The summed E-state index contributed by atoms with van der Waals surface area (Å²) in [6.45, 7) is -0.660. The summed E-state index contributed by atoms with van der Waals surface area (Å²) in [5.41, 5.74) is -0.222. The first-order chi connectivity index (χ1) is 12.1. The molecule has 0 fully saturated rings. The number of rotatable bonds is 6. The summed E-state index contributed by atoms with van der Waals surface area (Å²) in [5, 5.41) is 2.44. The molecule has 0 saturated carbocycles. The highest BCUT2D eigenvalue weighted by Crippen LogP contribution is 2.32. The third kappa shape index (κ3) is 4.83. The van der Waals surface area contributed by atoms with Gasteiger partial charge in [0.25, 0.3) is 0 Å². The summed E-state index contributed by atoms with van der Waals surface area (Å²) in [4.78, 5) is 12.2. The molecule has 2 rings (SSSR count). The van der Waals surface area contributed by atoms with Gasteiger partial charge in [-0.3, -0.25) is 9.10 Å². The molecule has 2 aromatic carbocycles. The van der Waals surface area contributed by atoms with Gasteiger partial charge in [-0.05, 0) is 30.3 Å². The van der Waals surface area contributed by atoms with E-state index >= 15 is 0 Å². The summed E-state index contributed by atoms with van der Waals surface area (Å²) < 4.78 is 56.7. The van der Waals surface area contributed by atoms with E-state index in [1.807, 2.05) is 0 Å². The predicted molar refractivity (Wildman–Crippen MR) is 95.2 cm³/mol. The van der Waals surface area contributed by atoms with Gasteiger partial charge in [-0.2, -0.15) is 0 Å². The van der Waals surface area contributed by atoms with Crippen LogP contribution >= 0.6 is 11.6 Å². The van der Waals surface area contributed by atoms with Gasteiger partial charge in [0.05, 0.1) is 24.7 Å². The van der Waals surface area contributed by atoms with Crippen LogP contribution in [0.3, 0.4) is 0 Å². The zero-order valence-electron chi connectivity index (χ0n) is 13.8. The van der Waals surface area contributed by atoms with Crippen LogP contribution in [0.4, 0.5) is 20.2 Å². The number of nitrogens with zero attached hydrogens (tertiary/aromatic N) is 1. The first kappa shape index (κ1) is 19.9. The number of carbonyl (C=O) groups is 1. The Kier molecular flexibility index (Phi) is 6.04. The highest BCUT2D eigenvalue weighted by Gasteiger charge is 2.24. The predicted octanol–water partition coefficient (Wildman–Crippen LogP) is 3.03. The second-order valence-corrected chi connectivity index (χ2v) is 7.60. The minimum atomic E-state index is -3.89. The van der Waals surface area contributed by atoms with Gasteiger partial charge in [-0.1, -0.05) is 11.6 Å². The fraction of sp³-hybridized carbons (Fsp3) is 0.188. The lowest BCUT2D eigenvalue weighted by Gasteiger charge is -2.24. The van der Waals surface area contributed by atoms with E-state index in [-0.39, 0.29) is 22.1 Å². The highest BCUT2D eigenvalue weighted by atomic mass is 35.5. The second kappa shape index (κ2) is 7.88. The normalized spacial score (nSPS) is 11.1. The van der Waals surface area contributed by atoms with Crippen molar-refractivity contribution in [1.29, 1.82) is 0 Å². The number of hydrogen-bond donors (Lipinski definition) is 1. The van der Waals surface area contributed by atoms with Gasteiger partial charge in [0.2, 0.25) is 15.9 Å². The van der Waals surface area contributed by atoms with Crippen LogP contribution in [-0.4, -0.2) is 34.2 Å². The van der Waals surface area contributed by atoms with E-state index in [4.69, 9.17) is 16.3 Å². The largest absolute Gasteiger partial charge is 0.495 e. The lowest BCUT2D eigenvalue weighted by Crippen LogP contribution is -2.37. The summed E-state index contributed by atoms with van der Waals surface area (Å²) in [6, 6.07) is 6.88. The van der Waals surface area contributed by atoms with Crippen molar-refractivity contribution in [3.05, 3.63) is 53.1 Å². The molecule has 26 heavy (non-hydrogen) atoms. The molecule has 2 aromatic rings. The molecular formula is C16H15ClF2N2O4S. The number of benzene rings is 2. The summed E-state index contributed by atoms with van der Waals surface area (Å²) in [5.74, 6) is -2.44. The second-order valence-electron chi connectivity index (χ2n) is 5.26. The van der Waals surface area contributed by atoms with E-state index in [9.17, 15) is 22.0 Å². The minimum absolute atomic E-state index is 0.0530. The maximum absolute atomic E-state index is 13.7. The third-order valence-corrected chi connectivity index (χ3v) is 4.66. The number of halogens is 3. The van der Waals surface area contributed by atoms with Crippen LogP contribution in [-0.2, 0) is 14.8 Å². The molecule has 0 saturated heterocycles. The zero-order valence-corrected chi connectivity index (χ0v) is 15.4. The molecule has 0 bridgehead atoms. The highest BCUT2D eigenvalue weighted by molar-refractivity contribution is 7.92. The Hall–Kier alpha value is -2.39. The molecule has 0 radical (unpaired) electrons. The molecule has 10 heteroatoms. The third-order valence-electron chi connectivity index (χ3n) is 3.30. The molecular weight excluding hydrogens is 390 g/mol. The van der Waals surface area contributed by atoms with Gasteiger partial charge in [0, 0.05) is 11.1 Å². The van der Waals surface area contributed by atoms with Crippen LogP contribution in [0.5, 0.6) is 5.75 Å². The van der Waals surface area contributed by atoms with E-state index in [0.29, 0.717) is 6.07 Å². The molecule has 0 aliphatic carbocycles. The van der Waals surface area contributed by atoms with Crippen LogP contribution in [0.2, 0.25) is 5.02 Å². The molecule has 6 nitrogen and oxygen atoms in total. The number of hydrogen-bond acceptors (Lipinski definition) is 4. The van der Waals surface area contributed by atoms with E-state index < -0.39 is 34.1 Å². The number of carbonyl (C=O) groups excluding carboxylic acids is 1. The molecule has 0 spiro atoms. The van der Waals surface area contributed by atoms with Gasteiger partial charge in [-0.25, -0.2) is 17.2 Å². The lowest BCUT2D eigenvalue weighted by atomic mass is 10.2. The maximum atomic E-state index is 13.7. The summed E-state index contributed by atoms with van der Waals surface area (Å²) in [7, 11) is -2.56. The first-order valence-electron chi connectivity index (χ1n) is 7.18. The average Bonchev–Trinajstić information content (AvgIpc) is 2.54. The Labute approximate surface area is 154 Å². The molecule has 1 N–H and O–H groups in total. The van der Waals surface area contributed by atoms with Crippen molar-refractivity contribution in [1.82, 2.24) is 0 Å². The van der Waals surface area contributed by atoms with E-state index in [1.165, 1.54) is 25.3 Å². The van der Waals surface area contributed by atoms with Crippen molar-refractivity contribution in [3.63, 3.8) is 0 Å². The standard InChI is InChI=1S/C16H15ClF2N2O4S/c1-25-15-6-3-10(17)7-14(15)21(26(2,23)24)9-16(22)20-13-5-4-11(18)8-12(13)19/h3-8H,9H2,1-2H3,(H,20,22). The molecule has 0 aliphatic rings. The number of sulfonamides is 1. The zero-order chi connectivity index (χ0) is 19.5. The molecule has 0 heterocycles. The number of methoxy groups -OCH3 is 1. The molecule has 0 unspecified atom stereocenters. The number of amides is 1. The molecule has 0 atom stereocenters. The van der Waals surface area contributed by atoms with Crippen molar-refractivity contribution in [2.75, 3.05) is 29.5 Å². The van der Waals surface area contributed by atoms with E-state index in [1.54, 1.807) is 0 Å². The first-order valence-corrected chi connectivity index (χ1v) is 9.40. The van der Waals surface area contributed by atoms with Crippen LogP contribution in [0.1, 0.15) is 0 Å². The minimum Gasteiger partial charge on any atom is -0.495 e. The van der Waals surface area contributed by atoms with Crippen molar-refractivity contribution in [2.24, 2.45) is 0 Å². The lowest BCUT2D eigenvalue weighted by molar-refractivity contribution is -0.114. The van der Waals surface area contributed by atoms with Gasteiger partial charge in [0.15, 0.2) is 0 Å². The van der Waals surface area contributed by atoms with Crippen molar-refractivity contribution in [3.8, 4) is 5.75 Å². The van der Waals surface area contributed by atoms with Gasteiger partial charge >= 0.3 is 0 Å². The van der Waals surface area contributed by atoms with Crippen LogP contribution < -0.4 is 14.4 Å². The van der Waals surface area contributed by atoms with E-state index in [0.717, 1.165) is 22.7 Å². The number of nitrogens with one attached hydrogen (secondary N) is 1. The fourth-order valence-corrected chi connectivity index (χ4v) is 3.17. The Bertz CT molecular complexity index is 938. The molecule has 140 valence electrons. The van der Waals surface area contributed by atoms with Crippen LogP contribution in [0.15, 0.2) is 36.4 Å². The summed E-state index contributed by atoms with van der Waals surface area (Å²) in [6.07, 6.45) is 0.902. The van der Waals surface area contributed by atoms with Crippen LogP contribution in [0.25, 0.3) is 0 Å². The number of ether oxygens (including phenoxy) is 1. The van der Waals surface area contributed by atoms with E-state index in [2.05, 4.69) is 5.32 Å². The van der Waals surface area contributed by atoms with Crippen LogP contribution in [0, 0.1) is 11.6 Å². The topological polar surface area (TPSA) is 75.7 Å². The van der Waals surface area contributed by atoms with Crippen molar-refractivity contribution >= 4 is 38.9 Å². The van der Waals surface area contributed by atoms with Gasteiger partial charge in [-0.15, -0.1) is 0 Å². The van der Waals surface area contributed by atoms with Gasteiger partial charge < -0.3 is 10.1 Å². The SMILES string of the molecule is COc1ccc(Cl)cc1N(CC(=O)Nc1ccc(F)cc1F)S(C)(=O)=O.